The normalized spacial score (nSPS) is 17.2. The highest BCUT2D eigenvalue weighted by Crippen LogP contribution is 2.41. The van der Waals surface area contributed by atoms with E-state index in [0.29, 0.717) is 17.1 Å². The van der Waals surface area contributed by atoms with Gasteiger partial charge in [0.15, 0.2) is 0 Å². The van der Waals surface area contributed by atoms with Crippen LogP contribution in [0.2, 0.25) is 0 Å². The number of aryl methyl sites for hydroxylation is 2. The molecule has 6 heteroatoms. The minimum Gasteiger partial charge on any atom is -0.507 e. The van der Waals surface area contributed by atoms with Crippen LogP contribution in [-0.2, 0) is 16.1 Å². The molecule has 1 amide bonds. The summed E-state index contributed by atoms with van der Waals surface area (Å²) in [4.78, 5) is 28.0. The van der Waals surface area contributed by atoms with Crippen molar-refractivity contribution < 1.29 is 24.2 Å². The minimum atomic E-state index is -0.729. The number of carbonyl (C=O) groups excluding carboxylic acids is 2. The molecule has 174 valence electrons. The lowest BCUT2D eigenvalue weighted by atomic mass is 9.93. The third kappa shape index (κ3) is 4.27. The Morgan fingerprint density at radius 3 is 2.29 bits per heavy atom. The summed E-state index contributed by atoms with van der Waals surface area (Å²) in [5.41, 5.74) is 3.86. The number of carbonyl (C=O) groups is 2. The van der Waals surface area contributed by atoms with Gasteiger partial charge in [-0.25, -0.2) is 0 Å². The largest absolute Gasteiger partial charge is 0.507 e. The van der Waals surface area contributed by atoms with Crippen LogP contribution < -0.4 is 9.47 Å². The first kappa shape index (κ1) is 23.1. The Kier molecular flexibility index (Phi) is 6.41. The van der Waals surface area contributed by atoms with Crippen molar-refractivity contribution in [3.8, 4) is 11.5 Å². The summed E-state index contributed by atoms with van der Waals surface area (Å²) < 4.78 is 10.6. The topological polar surface area (TPSA) is 76.1 Å². The van der Waals surface area contributed by atoms with Gasteiger partial charge in [0.05, 0.1) is 25.8 Å². The number of rotatable bonds is 6. The van der Waals surface area contributed by atoms with E-state index in [1.807, 2.05) is 62.4 Å². The lowest BCUT2D eigenvalue weighted by Gasteiger charge is -2.26. The highest BCUT2D eigenvalue weighted by atomic mass is 16.5. The van der Waals surface area contributed by atoms with Gasteiger partial charge in [-0.2, -0.15) is 0 Å². The number of likely N-dealkylation sites (tertiary alicyclic amines) is 1. The minimum absolute atomic E-state index is 0.0757. The SMILES string of the molecule is COc1cccc(CN2C(=O)C(=O)/C(=C(\O)c3ccc(OC)cc3C)C2c2cccc(C)c2)c1. The van der Waals surface area contributed by atoms with E-state index < -0.39 is 17.7 Å². The maximum Gasteiger partial charge on any atom is 0.295 e. The average Bonchev–Trinajstić information content (AvgIpc) is 3.08. The number of hydrogen-bond acceptors (Lipinski definition) is 5. The van der Waals surface area contributed by atoms with Gasteiger partial charge in [-0.3, -0.25) is 9.59 Å². The van der Waals surface area contributed by atoms with Gasteiger partial charge in [0.1, 0.15) is 17.3 Å². The smallest absolute Gasteiger partial charge is 0.295 e. The number of benzene rings is 3. The second kappa shape index (κ2) is 9.43. The maximum absolute atomic E-state index is 13.3. The van der Waals surface area contributed by atoms with Crippen molar-refractivity contribution in [2.45, 2.75) is 26.4 Å². The highest BCUT2D eigenvalue weighted by Gasteiger charge is 2.46. The zero-order chi connectivity index (χ0) is 24.4. The standard InChI is InChI=1S/C28H27NO5/c1-17-7-5-9-20(13-17)25-24(26(30)23-12-11-22(34-4)14-18(23)2)27(31)28(32)29(25)16-19-8-6-10-21(15-19)33-3/h5-15,25,30H,16H2,1-4H3/b26-24-. The Hall–Kier alpha value is -4.06. The third-order valence-corrected chi connectivity index (χ3v) is 6.07. The van der Waals surface area contributed by atoms with E-state index in [9.17, 15) is 14.7 Å². The number of nitrogens with zero attached hydrogens (tertiary/aromatic N) is 1. The average molecular weight is 458 g/mol. The Labute approximate surface area is 199 Å². The highest BCUT2D eigenvalue weighted by molar-refractivity contribution is 6.46. The van der Waals surface area contributed by atoms with Crippen LogP contribution in [0.3, 0.4) is 0 Å². The monoisotopic (exact) mass is 457 g/mol. The second-order valence-electron chi connectivity index (χ2n) is 8.37. The zero-order valence-electron chi connectivity index (χ0n) is 19.7. The predicted octanol–water partition coefficient (Wildman–Crippen LogP) is 4.94. The molecule has 3 aromatic carbocycles. The summed E-state index contributed by atoms with van der Waals surface area (Å²) in [6.45, 7) is 3.97. The molecule has 4 rings (SSSR count). The van der Waals surface area contributed by atoms with E-state index in [1.54, 1.807) is 32.4 Å². The van der Waals surface area contributed by atoms with Crippen molar-refractivity contribution in [3.63, 3.8) is 0 Å². The van der Waals surface area contributed by atoms with Gasteiger partial charge in [0, 0.05) is 12.1 Å². The number of ether oxygens (including phenoxy) is 2. The van der Waals surface area contributed by atoms with Crippen LogP contribution in [0.4, 0.5) is 0 Å². The van der Waals surface area contributed by atoms with Crippen LogP contribution in [0, 0.1) is 13.8 Å². The Bertz CT molecular complexity index is 1290. The summed E-state index contributed by atoms with van der Waals surface area (Å²) in [6, 6.07) is 19.5. The third-order valence-electron chi connectivity index (χ3n) is 6.07. The molecule has 1 aliphatic heterocycles. The molecular weight excluding hydrogens is 430 g/mol. The molecule has 3 aromatic rings. The molecule has 1 N–H and O–H groups in total. The van der Waals surface area contributed by atoms with E-state index >= 15 is 0 Å². The van der Waals surface area contributed by atoms with Crippen LogP contribution in [0.1, 0.15) is 33.9 Å². The molecule has 1 atom stereocenters. The maximum atomic E-state index is 13.3. The molecule has 0 bridgehead atoms. The number of ketones is 1. The van der Waals surface area contributed by atoms with Crippen molar-refractivity contribution >= 4 is 17.4 Å². The number of aliphatic hydroxyl groups excluding tert-OH is 1. The van der Waals surface area contributed by atoms with E-state index in [4.69, 9.17) is 9.47 Å². The number of aliphatic hydroxyl groups is 1. The Balaban J connectivity index is 1.87. The lowest BCUT2D eigenvalue weighted by molar-refractivity contribution is -0.140. The Morgan fingerprint density at radius 2 is 1.62 bits per heavy atom. The fraction of sp³-hybridized carbons (Fsp3) is 0.214. The molecule has 34 heavy (non-hydrogen) atoms. The quantitative estimate of drug-likeness (QED) is 0.322. The number of Topliss-reactive ketones (excluding diaryl/α,β-unsaturated/α-hetero) is 1. The van der Waals surface area contributed by atoms with E-state index in [-0.39, 0.29) is 17.9 Å². The molecule has 0 spiro atoms. The first-order valence-electron chi connectivity index (χ1n) is 11.0. The molecule has 0 radical (unpaired) electrons. The first-order chi connectivity index (χ1) is 16.3. The van der Waals surface area contributed by atoms with Crippen molar-refractivity contribution in [2.24, 2.45) is 0 Å². The van der Waals surface area contributed by atoms with Crippen molar-refractivity contribution in [3.05, 3.63) is 100 Å². The molecular formula is C28H27NO5. The molecule has 0 saturated carbocycles. The van der Waals surface area contributed by atoms with Crippen molar-refractivity contribution in [1.82, 2.24) is 4.90 Å². The van der Waals surface area contributed by atoms with E-state index in [2.05, 4.69) is 0 Å². The number of hydrogen-bond donors (Lipinski definition) is 1. The fourth-order valence-electron chi connectivity index (χ4n) is 4.37. The molecule has 1 unspecified atom stereocenters. The lowest BCUT2D eigenvalue weighted by Crippen LogP contribution is -2.29. The van der Waals surface area contributed by atoms with E-state index in [0.717, 1.165) is 22.3 Å². The predicted molar refractivity (Wildman–Crippen MR) is 130 cm³/mol. The fourth-order valence-corrected chi connectivity index (χ4v) is 4.37. The van der Waals surface area contributed by atoms with Gasteiger partial charge in [-0.1, -0.05) is 42.0 Å². The van der Waals surface area contributed by atoms with E-state index in [1.165, 1.54) is 4.90 Å². The summed E-state index contributed by atoms with van der Waals surface area (Å²) in [7, 11) is 3.14. The van der Waals surface area contributed by atoms with Crippen molar-refractivity contribution in [2.75, 3.05) is 14.2 Å². The molecule has 0 aromatic heterocycles. The van der Waals surface area contributed by atoms with Gasteiger partial charge >= 0.3 is 0 Å². The summed E-state index contributed by atoms with van der Waals surface area (Å²) in [5, 5.41) is 11.3. The van der Waals surface area contributed by atoms with Gasteiger partial charge in [0.25, 0.3) is 11.7 Å². The second-order valence-corrected chi connectivity index (χ2v) is 8.37. The summed E-state index contributed by atoms with van der Waals surface area (Å²) >= 11 is 0. The van der Waals surface area contributed by atoms with Crippen LogP contribution in [-0.4, -0.2) is 35.9 Å². The summed E-state index contributed by atoms with van der Waals surface area (Å²) in [5.74, 6) is -0.250. The van der Waals surface area contributed by atoms with Gasteiger partial charge < -0.3 is 19.5 Å². The number of amides is 1. The van der Waals surface area contributed by atoms with Crippen molar-refractivity contribution in [1.29, 1.82) is 0 Å². The molecule has 6 nitrogen and oxygen atoms in total. The van der Waals surface area contributed by atoms with Crippen LogP contribution in [0.5, 0.6) is 11.5 Å². The molecule has 1 saturated heterocycles. The van der Waals surface area contributed by atoms with Gasteiger partial charge in [-0.05, 0) is 60.9 Å². The number of methoxy groups -OCH3 is 2. The van der Waals surface area contributed by atoms with Gasteiger partial charge in [-0.15, -0.1) is 0 Å². The molecule has 1 fully saturated rings. The summed E-state index contributed by atoms with van der Waals surface area (Å²) in [6.07, 6.45) is 0. The molecule has 0 aliphatic carbocycles. The van der Waals surface area contributed by atoms with Crippen LogP contribution in [0.15, 0.2) is 72.3 Å². The Morgan fingerprint density at radius 1 is 0.912 bits per heavy atom. The first-order valence-corrected chi connectivity index (χ1v) is 11.0. The van der Waals surface area contributed by atoms with Crippen LogP contribution >= 0.6 is 0 Å². The van der Waals surface area contributed by atoms with Crippen LogP contribution in [0.25, 0.3) is 5.76 Å². The zero-order valence-corrected chi connectivity index (χ0v) is 19.7. The molecule has 1 aliphatic rings. The van der Waals surface area contributed by atoms with Gasteiger partial charge in [0.2, 0.25) is 0 Å². The molecule has 1 heterocycles.